The van der Waals surface area contributed by atoms with E-state index in [1.807, 2.05) is 6.07 Å². The van der Waals surface area contributed by atoms with E-state index < -0.39 is 0 Å². The molecule has 2 heteroatoms. The molecule has 0 saturated carbocycles. The van der Waals surface area contributed by atoms with Gasteiger partial charge in [0, 0.05) is 11.9 Å². The van der Waals surface area contributed by atoms with Crippen molar-refractivity contribution in [3.05, 3.63) is 29.1 Å². The molecule has 0 unspecified atom stereocenters. The Bertz CT molecular complexity index is 386. The summed E-state index contributed by atoms with van der Waals surface area (Å²) in [5.74, 6) is 0. The van der Waals surface area contributed by atoms with Crippen LogP contribution in [0.1, 0.15) is 30.7 Å². The Kier molecular flexibility index (Phi) is 1.63. The maximum atomic E-state index is 8.71. The molecule has 0 fully saturated rings. The van der Waals surface area contributed by atoms with Gasteiger partial charge in [-0.15, -0.1) is 0 Å². The first-order chi connectivity index (χ1) is 6.11. The maximum absolute atomic E-state index is 8.71. The van der Waals surface area contributed by atoms with Gasteiger partial charge in [-0.3, -0.25) is 4.98 Å². The number of rotatable bonds is 0. The number of hydrogen-bond donors (Lipinski definition) is 0. The standard InChI is InChI=1S/C11H12N2/c1-11(2)4-9-3-8(6-12)7-13-10(9)5-11/h3,7H,4-5H2,1-2H3. The molecule has 0 atom stereocenters. The SMILES string of the molecule is CC1(C)Cc2cc(C#N)cnc2C1. The first kappa shape index (κ1) is 8.25. The lowest BCUT2D eigenvalue weighted by Gasteiger charge is -2.14. The van der Waals surface area contributed by atoms with Crippen LogP contribution in [-0.4, -0.2) is 4.98 Å². The van der Waals surface area contributed by atoms with Crippen LogP contribution in [0.15, 0.2) is 12.3 Å². The third-order valence-electron chi connectivity index (χ3n) is 2.50. The van der Waals surface area contributed by atoms with E-state index in [0.29, 0.717) is 11.0 Å². The van der Waals surface area contributed by atoms with Crippen LogP contribution < -0.4 is 0 Å². The maximum Gasteiger partial charge on any atom is 0.101 e. The average Bonchev–Trinajstić information content (AvgIpc) is 2.36. The Morgan fingerprint density at radius 2 is 2.23 bits per heavy atom. The van der Waals surface area contributed by atoms with Gasteiger partial charge in [-0.1, -0.05) is 13.8 Å². The van der Waals surface area contributed by atoms with Crippen LogP contribution in [0.2, 0.25) is 0 Å². The summed E-state index contributed by atoms with van der Waals surface area (Å²) in [4.78, 5) is 4.30. The smallest absolute Gasteiger partial charge is 0.101 e. The summed E-state index contributed by atoms with van der Waals surface area (Å²) in [5.41, 5.74) is 3.42. The molecule has 2 rings (SSSR count). The minimum absolute atomic E-state index is 0.323. The van der Waals surface area contributed by atoms with E-state index in [2.05, 4.69) is 24.9 Å². The highest BCUT2D eigenvalue weighted by molar-refractivity contribution is 5.36. The van der Waals surface area contributed by atoms with Crippen LogP contribution in [0.3, 0.4) is 0 Å². The highest BCUT2D eigenvalue weighted by Crippen LogP contribution is 2.34. The fraction of sp³-hybridized carbons (Fsp3) is 0.455. The van der Waals surface area contributed by atoms with Crippen molar-refractivity contribution in [3.63, 3.8) is 0 Å². The van der Waals surface area contributed by atoms with Crippen molar-refractivity contribution >= 4 is 0 Å². The molecular formula is C11H12N2. The Morgan fingerprint density at radius 3 is 2.92 bits per heavy atom. The van der Waals surface area contributed by atoms with E-state index in [1.54, 1.807) is 6.20 Å². The second kappa shape index (κ2) is 2.56. The lowest BCUT2D eigenvalue weighted by Crippen LogP contribution is -2.09. The number of nitrogens with zero attached hydrogens (tertiary/aromatic N) is 2. The second-order valence-corrected chi connectivity index (χ2v) is 4.46. The summed E-state index contributed by atoms with van der Waals surface area (Å²) in [6, 6.07) is 4.09. The minimum Gasteiger partial charge on any atom is -0.260 e. The Balaban J connectivity index is 2.43. The first-order valence-corrected chi connectivity index (χ1v) is 4.49. The third-order valence-corrected chi connectivity index (χ3v) is 2.50. The lowest BCUT2D eigenvalue weighted by atomic mass is 9.90. The van der Waals surface area contributed by atoms with Crippen molar-refractivity contribution in [2.45, 2.75) is 26.7 Å². The van der Waals surface area contributed by atoms with E-state index in [-0.39, 0.29) is 0 Å². The molecule has 0 saturated heterocycles. The highest BCUT2D eigenvalue weighted by atomic mass is 14.7. The molecule has 66 valence electrons. The fourth-order valence-electron chi connectivity index (χ4n) is 1.94. The molecule has 0 bridgehead atoms. The highest BCUT2D eigenvalue weighted by Gasteiger charge is 2.29. The summed E-state index contributed by atoms with van der Waals surface area (Å²) >= 11 is 0. The van der Waals surface area contributed by atoms with Gasteiger partial charge in [-0.25, -0.2) is 0 Å². The van der Waals surface area contributed by atoms with Crippen LogP contribution in [0.5, 0.6) is 0 Å². The van der Waals surface area contributed by atoms with Gasteiger partial charge in [0.05, 0.1) is 5.56 Å². The quantitative estimate of drug-likeness (QED) is 0.600. The molecule has 0 amide bonds. The Labute approximate surface area is 78.2 Å². The van der Waals surface area contributed by atoms with E-state index in [4.69, 9.17) is 5.26 Å². The van der Waals surface area contributed by atoms with Gasteiger partial charge < -0.3 is 0 Å². The van der Waals surface area contributed by atoms with Crippen molar-refractivity contribution < 1.29 is 0 Å². The van der Waals surface area contributed by atoms with Crippen LogP contribution in [0.25, 0.3) is 0 Å². The summed E-state index contributed by atoms with van der Waals surface area (Å²) < 4.78 is 0. The molecule has 1 aliphatic carbocycles. The Hall–Kier alpha value is -1.36. The van der Waals surface area contributed by atoms with Crippen LogP contribution in [-0.2, 0) is 12.8 Å². The molecule has 1 aliphatic rings. The third kappa shape index (κ3) is 1.42. The molecule has 1 heterocycles. The molecule has 0 spiro atoms. The van der Waals surface area contributed by atoms with E-state index in [9.17, 15) is 0 Å². The largest absolute Gasteiger partial charge is 0.260 e. The van der Waals surface area contributed by atoms with Gasteiger partial charge in [0.25, 0.3) is 0 Å². The molecule has 2 nitrogen and oxygen atoms in total. The monoisotopic (exact) mass is 172 g/mol. The van der Waals surface area contributed by atoms with Gasteiger partial charge >= 0.3 is 0 Å². The molecule has 1 aromatic heterocycles. The molecule has 1 aromatic rings. The fourth-order valence-corrected chi connectivity index (χ4v) is 1.94. The van der Waals surface area contributed by atoms with Crippen molar-refractivity contribution in [1.29, 1.82) is 5.26 Å². The number of nitriles is 1. The molecule has 0 aromatic carbocycles. The van der Waals surface area contributed by atoms with Crippen molar-refractivity contribution in [1.82, 2.24) is 4.98 Å². The van der Waals surface area contributed by atoms with Crippen LogP contribution in [0.4, 0.5) is 0 Å². The first-order valence-electron chi connectivity index (χ1n) is 4.49. The average molecular weight is 172 g/mol. The zero-order chi connectivity index (χ0) is 9.47. The molecule has 13 heavy (non-hydrogen) atoms. The topological polar surface area (TPSA) is 36.7 Å². The van der Waals surface area contributed by atoms with E-state index >= 15 is 0 Å². The number of pyridine rings is 1. The summed E-state index contributed by atoms with van der Waals surface area (Å²) in [6.07, 6.45) is 3.75. The predicted octanol–water partition coefficient (Wildman–Crippen LogP) is 2.08. The van der Waals surface area contributed by atoms with E-state index in [0.717, 1.165) is 12.8 Å². The molecule has 0 aliphatic heterocycles. The summed E-state index contributed by atoms with van der Waals surface area (Å²) in [5, 5.41) is 8.71. The van der Waals surface area contributed by atoms with Crippen molar-refractivity contribution in [2.75, 3.05) is 0 Å². The van der Waals surface area contributed by atoms with Gasteiger partial charge in [-0.2, -0.15) is 5.26 Å². The lowest BCUT2D eigenvalue weighted by molar-refractivity contribution is 0.390. The second-order valence-electron chi connectivity index (χ2n) is 4.46. The van der Waals surface area contributed by atoms with E-state index in [1.165, 1.54) is 11.3 Å². The minimum atomic E-state index is 0.323. The van der Waals surface area contributed by atoms with Crippen molar-refractivity contribution in [3.8, 4) is 6.07 Å². The molecule has 0 radical (unpaired) electrons. The summed E-state index contributed by atoms with van der Waals surface area (Å²) in [6.45, 7) is 4.47. The number of aromatic nitrogens is 1. The van der Waals surface area contributed by atoms with Crippen LogP contribution in [0, 0.1) is 16.7 Å². The zero-order valence-electron chi connectivity index (χ0n) is 7.96. The van der Waals surface area contributed by atoms with Gasteiger partial charge in [0.2, 0.25) is 0 Å². The van der Waals surface area contributed by atoms with Gasteiger partial charge in [-0.05, 0) is 29.9 Å². The number of hydrogen-bond acceptors (Lipinski definition) is 2. The van der Waals surface area contributed by atoms with Crippen molar-refractivity contribution in [2.24, 2.45) is 5.41 Å². The predicted molar refractivity (Wildman–Crippen MR) is 50.1 cm³/mol. The summed E-state index contributed by atoms with van der Waals surface area (Å²) in [7, 11) is 0. The van der Waals surface area contributed by atoms with Gasteiger partial charge in [0.15, 0.2) is 0 Å². The zero-order valence-corrected chi connectivity index (χ0v) is 7.96. The normalized spacial score (nSPS) is 17.9. The number of fused-ring (bicyclic) bond motifs is 1. The van der Waals surface area contributed by atoms with Gasteiger partial charge in [0.1, 0.15) is 6.07 Å². The van der Waals surface area contributed by atoms with Crippen LogP contribution >= 0.6 is 0 Å². The Morgan fingerprint density at radius 1 is 1.46 bits per heavy atom. The molecular weight excluding hydrogens is 160 g/mol. The molecule has 0 N–H and O–H groups in total.